The van der Waals surface area contributed by atoms with E-state index >= 15 is 0 Å². The summed E-state index contributed by atoms with van der Waals surface area (Å²) in [5.74, 6) is 0.634. The van der Waals surface area contributed by atoms with Crippen molar-refractivity contribution in [3.05, 3.63) is 0 Å². The van der Waals surface area contributed by atoms with Crippen molar-refractivity contribution in [2.75, 3.05) is 46.2 Å². The molecular formula is C14H32O4Si. The molecule has 0 aromatic rings. The average molecular weight is 292 g/mol. The summed E-state index contributed by atoms with van der Waals surface area (Å²) < 4.78 is 22.0. The second-order valence-corrected chi connectivity index (χ2v) is 10.3. The fourth-order valence-corrected chi connectivity index (χ4v) is 1.94. The lowest BCUT2D eigenvalue weighted by molar-refractivity contribution is 0.00362. The molecule has 0 aliphatic rings. The molecular weight excluding hydrogens is 260 g/mol. The highest BCUT2D eigenvalue weighted by Crippen LogP contribution is 2.01. The molecule has 116 valence electrons. The number of hydrogen-bond acceptors (Lipinski definition) is 4. The van der Waals surface area contributed by atoms with Crippen molar-refractivity contribution in [1.29, 1.82) is 0 Å². The van der Waals surface area contributed by atoms with Crippen molar-refractivity contribution in [3.8, 4) is 0 Å². The number of rotatable bonds is 13. The second kappa shape index (κ2) is 11.8. The fourth-order valence-electron chi connectivity index (χ4n) is 1.25. The van der Waals surface area contributed by atoms with Gasteiger partial charge < -0.3 is 18.6 Å². The summed E-state index contributed by atoms with van der Waals surface area (Å²) in [5, 5.41) is 0. The molecule has 0 N–H and O–H groups in total. The summed E-state index contributed by atoms with van der Waals surface area (Å²) >= 11 is 0. The van der Waals surface area contributed by atoms with Crippen LogP contribution in [0.3, 0.4) is 0 Å². The van der Waals surface area contributed by atoms with Gasteiger partial charge in [0.25, 0.3) is 0 Å². The van der Waals surface area contributed by atoms with E-state index in [1.807, 2.05) is 0 Å². The molecule has 0 aliphatic heterocycles. The van der Waals surface area contributed by atoms with Crippen molar-refractivity contribution >= 4 is 8.32 Å². The summed E-state index contributed by atoms with van der Waals surface area (Å²) in [5.41, 5.74) is 0. The lowest BCUT2D eigenvalue weighted by Gasteiger charge is -2.16. The predicted octanol–water partition coefficient (Wildman–Crippen LogP) is 2.93. The third kappa shape index (κ3) is 16.0. The molecule has 0 saturated carbocycles. The Morgan fingerprint density at radius 2 is 1.26 bits per heavy atom. The van der Waals surface area contributed by atoms with E-state index in [1.54, 1.807) is 0 Å². The first-order chi connectivity index (χ1) is 8.95. The summed E-state index contributed by atoms with van der Waals surface area (Å²) in [6.45, 7) is 15.6. The SMILES string of the molecule is CCC(C)COCCOCCOCCO[Si](C)(C)C. The lowest BCUT2D eigenvalue weighted by Crippen LogP contribution is -2.27. The quantitative estimate of drug-likeness (QED) is 0.386. The minimum atomic E-state index is -1.39. The Bertz CT molecular complexity index is 194. The monoisotopic (exact) mass is 292 g/mol. The minimum Gasteiger partial charge on any atom is -0.415 e. The van der Waals surface area contributed by atoms with E-state index in [0.29, 0.717) is 45.6 Å². The molecule has 19 heavy (non-hydrogen) atoms. The Hall–Kier alpha value is 0.0569. The van der Waals surface area contributed by atoms with Crippen LogP contribution in [0, 0.1) is 5.92 Å². The highest BCUT2D eigenvalue weighted by atomic mass is 28.4. The van der Waals surface area contributed by atoms with Crippen LogP contribution >= 0.6 is 0 Å². The average Bonchev–Trinajstić information content (AvgIpc) is 2.34. The second-order valence-electron chi connectivity index (χ2n) is 5.77. The summed E-state index contributed by atoms with van der Waals surface area (Å²) in [6, 6.07) is 0. The van der Waals surface area contributed by atoms with Crippen LogP contribution in [0.25, 0.3) is 0 Å². The van der Waals surface area contributed by atoms with Crippen LogP contribution in [0.2, 0.25) is 19.6 Å². The maximum atomic E-state index is 5.68. The molecule has 0 radical (unpaired) electrons. The van der Waals surface area contributed by atoms with E-state index in [1.165, 1.54) is 0 Å². The van der Waals surface area contributed by atoms with Crippen molar-refractivity contribution in [1.82, 2.24) is 0 Å². The Morgan fingerprint density at radius 1 is 0.789 bits per heavy atom. The highest BCUT2D eigenvalue weighted by molar-refractivity contribution is 6.69. The zero-order valence-electron chi connectivity index (χ0n) is 13.4. The predicted molar refractivity (Wildman–Crippen MR) is 81.2 cm³/mol. The molecule has 0 aromatic carbocycles. The van der Waals surface area contributed by atoms with Gasteiger partial charge in [-0.05, 0) is 25.6 Å². The molecule has 1 unspecified atom stereocenters. The van der Waals surface area contributed by atoms with E-state index in [9.17, 15) is 0 Å². The van der Waals surface area contributed by atoms with Crippen molar-refractivity contribution < 1.29 is 18.6 Å². The Kier molecular flexibility index (Phi) is 11.9. The van der Waals surface area contributed by atoms with Gasteiger partial charge in [0, 0.05) is 6.61 Å². The van der Waals surface area contributed by atoms with Crippen LogP contribution in [0.15, 0.2) is 0 Å². The van der Waals surface area contributed by atoms with Crippen LogP contribution in [0.4, 0.5) is 0 Å². The molecule has 1 atom stereocenters. The van der Waals surface area contributed by atoms with Crippen LogP contribution in [0.1, 0.15) is 20.3 Å². The molecule has 0 heterocycles. The van der Waals surface area contributed by atoms with Gasteiger partial charge in [-0.2, -0.15) is 0 Å². The third-order valence-electron chi connectivity index (χ3n) is 2.61. The number of ether oxygens (including phenoxy) is 3. The van der Waals surface area contributed by atoms with Gasteiger partial charge in [-0.1, -0.05) is 20.3 Å². The lowest BCUT2D eigenvalue weighted by atomic mass is 10.1. The summed E-state index contributed by atoms with van der Waals surface area (Å²) in [6.07, 6.45) is 1.16. The van der Waals surface area contributed by atoms with E-state index in [-0.39, 0.29) is 0 Å². The molecule has 0 spiro atoms. The molecule has 0 aliphatic carbocycles. The molecule has 4 nitrogen and oxygen atoms in total. The molecule has 0 rings (SSSR count). The van der Waals surface area contributed by atoms with Crippen LogP contribution in [0.5, 0.6) is 0 Å². The van der Waals surface area contributed by atoms with Gasteiger partial charge in [-0.25, -0.2) is 0 Å². The van der Waals surface area contributed by atoms with Gasteiger partial charge in [0.2, 0.25) is 0 Å². The van der Waals surface area contributed by atoms with E-state index in [4.69, 9.17) is 18.6 Å². The van der Waals surface area contributed by atoms with Gasteiger partial charge >= 0.3 is 0 Å². The molecule has 0 fully saturated rings. The minimum absolute atomic E-state index is 0.625. The highest BCUT2D eigenvalue weighted by Gasteiger charge is 2.12. The van der Waals surface area contributed by atoms with Gasteiger partial charge in [0.05, 0.1) is 39.6 Å². The summed E-state index contributed by atoms with van der Waals surface area (Å²) in [7, 11) is -1.39. The fraction of sp³-hybridized carbons (Fsp3) is 1.00. The van der Waals surface area contributed by atoms with Crippen LogP contribution < -0.4 is 0 Å². The standard InChI is InChI=1S/C14H32O4Si/c1-6-14(2)13-17-10-9-15-7-8-16-11-12-18-19(3,4)5/h14H,6-13H2,1-5H3. The summed E-state index contributed by atoms with van der Waals surface area (Å²) in [4.78, 5) is 0. The van der Waals surface area contributed by atoms with E-state index in [0.717, 1.165) is 13.0 Å². The van der Waals surface area contributed by atoms with Crippen molar-refractivity contribution in [3.63, 3.8) is 0 Å². The largest absolute Gasteiger partial charge is 0.415 e. The Morgan fingerprint density at radius 3 is 1.74 bits per heavy atom. The van der Waals surface area contributed by atoms with E-state index in [2.05, 4.69) is 33.5 Å². The topological polar surface area (TPSA) is 36.9 Å². The zero-order chi connectivity index (χ0) is 14.6. The Labute approximate surface area is 119 Å². The maximum absolute atomic E-state index is 5.68. The molecule has 5 heteroatoms. The third-order valence-corrected chi connectivity index (χ3v) is 3.68. The van der Waals surface area contributed by atoms with Crippen LogP contribution in [-0.4, -0.2) is 54.6 Å². The molecule has 0 saturated heterocycles. The first-order valence-corrected chi connectivity index (χ1v) is 10.7. The van der Waals surface area contributed by atoms with Gasteiger partial charge in [0.1, 0.15) is 0 Å². The maximum Gasteiger partial charge on any atom is 0.183 e. The van der Waals surface area contributed by atoms with Crippen molar-refractivity contribution in [2.24, 2.45) is 5.92 Å². The molecule has 0 aromatic heterocycles. The van der Waals surface area contributed by atoms with Gasteiger partial charge in [-0.15, -0.1) is 0 Å². The van der Waals surface area contributed by atoms with Crippen LogP contribution in [-0.2, 0) is 18.6 Å². The normalized spacial score (nSPS) is 13.7. The Balaban J connectivity index is 3.07. The van der Waals surface area contributed by atoms with Crippen molar-refractivity contribution in [2.45, 2.75) is 39.9 Å². The smallest absolute Gasteiger partial charge is 0.183 e. The van der Waals surface area contributed by atoms with Gasteiger partial charge in [-0.3, -0.25) is 0 Å². The van der Waals surface area contributed by atoms with E-state index < -0.39 is 8.32 Å². The molecule has 0 amide bonds. The zero-order valence-corrected chi connectivity index (χ0v) is 14.4. The van der Waals surface area contributed by atoms with Gasteiger partial charge in [0.15, 0.2) is 8.32 Å². The first kappa shape index (κ1) is 19.1. The number of hydrogen-bond donors (Lipinski definition) is 0. The first-order valence-electron chi connectivity index (χ1n) is 7.33. The molecule has 0 bridgehead atoms.